The molecule has 0 aromatic heterocycles. The summed E-state index contributed by atoms with van der Waals surface area (Å²) in [5.41, 5.74) is 0.584. The van der Waals surface area contributed by atoms with Gasteiger partial charge in [0.15, 0.2) is 0 Å². The van der Waals surface area contributed by atoms with E-state index in [1.165, 1.54) is 4.90 Å². The van der Waals surface area contributed by atoms with Crippen LogP contribution in [0.25, 0.3) is 0 Å². The first-order valence-electron chi connectivity index (χ1n) is 6.06. The van der Waals surface area contributed by atoms with Gasteiger partial charge in [0.25, 0.3) is 0 Å². The average Bonchev–Trinajstić information content (AvgIpc) is 2.88. The molecule has 0 radical (unpaired) electrons. The van der Waals surface area contributed by atoms with Crippen LogP contribution in [0.5, 0.6) is 5.75 Å². The maximum atomic E-state index is 12.0. The first-order valence-corrected chi connectivity index (χ1v) is 6.06. The predicted molar refractivity (Wildman–Crippen MR) is 69.4 cm³/mol. The number of likely N-dealkylation sites (tertiary alicyclic amines) is 1. The van der Waals surface area contributed by atoms with Gasteiger partial charge < -0.3 is 20.1 Å². The number of carbonyl (C=O) groups is 2. The fourth-order valence-corrected chi connectivity index (χ4v) is 2.16. The minimum Gasteiger partial charge on any atom is -0.497 e. The number of hydrogen-bond donors (Lipinski definition) is 2. The highest BCUT2D eigenvalue weighted by Crippen LogP contribution is 2.21. The van der Waals surface area contributed by atoms with Gasteiger partial charge in [0.1, 0.15) is 11.8 Å². The molecule has 1 atom stereocenters. The summed E-state index contributed by atoms with van der Waals surface area (Å²) in [6, 6.07) is 5.82. The number of anilines is 1. The van der Waals surface area contributed by atoms with Crippen LogP contribution in [0, 0.1) is 0 Å². The van der Waals surface area contributed by atoms with Crippen LogP contribution >= 0.6 is 0 Å². The Kier molecular flexibility index (Phi) is 3.89. The van der Waals surface area contributed by atoms with Gasteiger partial charge in [-0.05, 0) is 25.0 Å². The van der Waals surface area contributed by atoms with Gasteiger partial charge in [0.2, 0.25) is 0 Å². The summed E-state index contributed by atoms with van der Waals surface area (Å²) in [4.78, 5) is 24.4. The summed E-state index contributed by atoms with van der Waals surface area (Å²) in [5.74, 6) is -0.327. The van der Waals surface area contributed by atoms with Crippen molar-refractivity contribution in [3.63, 3.8) is 0 Å². The molecule has 0 aliphatic carbocycles. The molecule has 102 valence electrons. The normalized spacial score (nSPS) is 18.2. The van der Waals surface area contributed by atoms with E-state index in [4.69, 9.17) is 9.84 Å². The number of urea groups is 1. The Morgan fingerprint density at radius 2 is 2.26 bits per heavy atom. The summed E-state index contributed by atoms with van der Waals surface area (Å²) in [7, 11) is 1.54. The number of benzene rings is 1. The Bertz CT molecular complexity index is 489. The molecular formula is C13H16N2O4. The third-order valence-corrected chi connectivity index (χ3v) is 3.12. The van der Waals surface area contributed by atoms with Gasteiger partial charge in [-0.1, -0.05) is 6.07 Å². The zero-order chi connectivity index (χ0) is 13.8. The second kappa shape index (κ2) is 5.60. The topological polar surface area (TPSA) is 78.9 Å². The standard InChI is InChI=1S/C13H16N2O4/c1-19-10-5-2-4-9(8-10)14-13(18)15-7-3-6-11(15)12(16)17/h2,4-5,8,11H,3,6-7H2,1H3,(H,14,18)(H,16,17). The molecule has 1 aromatic rings. The number of nitrogens with zero attached hydrogens (tertiary/aromatic N) is 1. The molecule has 6 heteroatoms. The van der Waals surface area contributed by atoms with Gasteiger partial charge in [-0.3, -0.25) is 0 Å². The molecule has 0 bridgehead atoms. The van der Waals surface area contributed by atoms with Crippen LogP contribution in [0.15, 0.2) is 24.3 Å². The zero-order valence-corrected chi connectivity index (χ0v) is 10.6. The van der Waals surface area contributed by atoms with Gasteiger partial charge in [-0.15, -0.1) is 0 Å². The van der Waals surface area contributed by atoms with Gasteiger partial charge in [-0.25, -0.2) is 9.59 Å². The number of hydrogen-bond acceptors (Lipinski definition) is 3. The Hall–Kier alpha value is -2.24. The van der Waals surface area contributed by atoms with Crippen molar-refractivity contribution in [2.75, 3.05) is 19.0 Å². The number of nitrogens with one attached hydrogen (secondary N) is 1. The van der Waals surface area contributed by atoms with E-state index in [1.807, 2.05) is 0 Å². The fraction of sp³-hybridized carbons (Fsp3) is 0.385. The zero-order valence-electron chi connectivity index (χ0n) is 10.6. The lowest BCUT2D eigenvalue weighted by atomic mass is 10.2. The first-order chi connectivity index (χ1) is 9.11. The highest BCUT2D eigenvalue weighted by atomic mass is 16.5. The monoisotopic (exact) mass is 264 g/mol. The minimum absolute atomic E-state index is 0.391. The lowest BCUT2D eigenvalue weighted by Crippen LogP contribution is -2.42. The van der Waals surface area contributed by atoms with Crippen molar-refractivity contribution in [3.05, 3.63) is 24.3 Å². The van der Waals surface area contributed by atoms with E-state index in [1.54, 1.807) is 31.4 Å². The molecule has 1 saturated heterocycles. The number of amides is 2. The van der Waals surface area contributed by atoms with Crippen molar-refractivity contribution in [2.24, 2.45) is 0 Å². The molecule has 19 heavy (non-hydrogen) atoms. The third kappa shape index (κ3) is 2.96. The summed E-state index contributed by atoms with van der Waals surface area (Å²) >= 11 is 0. The van der Waals surface area contributed by atoms with Crippen LogP contribution in [0.2, 0.25) is 0 Å². The number of aliphatic carboxylic acids is 1. The Labute approximate surface area is 111 Å². The summed E-state index contributed by atoms with van der Waals surface area (Å²) < 4.78 is 5.06. The molecule has 2 N–H and O–H groups in total. The minimum atomic E-state index is -0.960. The van der Waals surface area contributed by atoms with Gasteiger partial charge in [0, 0.05) is 18.3 Å². The predicted octanol–water partition coefficient (Wildman–Crippen LogP) is 1.78. The molecule has 1 fully saturated rings. The van der Waals surface area contributed by atoms with Crippen molar-refractivity contribution in [2.45, 2.75) is 18.9 Å². The number of carboxylic acid groups (broad SMARTS) is 1. The fourth-order valence-electron chi connectivity index (χ4n) is 2.16. The number of methoxy groups -OCH3 is 1. The molecule has 1 aliphatic heterocycles. The number of carboxylic acids is 1. The van der Waals surface area contributed by atoms with Crippen LogP contribution in [0.3, 0.4) is 0 Å². The van der Waals surface area contributed by atoms with Crippen LogP contribution in [-0.2, 0) is 4.79 Å². The lowest BCUT2D eigenvalue weighted by Gasteiger charge is -2.21. The highest BCUT2D eigenvalue weighted by molar-refractivity contribution is 5.92. The number of ether oxygens (including phenoxy) is 1. The van der Waals surface area contributed by atoms with E-state index >= 15 is 0 Å². The molecule has 1 unspecified atom stereocenters. The molecule has 0 saturated carbocycles. The van der Waals surface area contributed by atoms with Crippen molar-refractivity contribution in [1.82, 2.24) is 4.90 Å². The van der Waals surface area contributed by atoms with E-state index in [0.29, 0.717) is 30.8 Å². The number of rotatable bonds is 3. The molecule has 1 aliphatic rings. The second-order valence-electron chi connectivity index (χ2n) is 4.35. The quantitative estimate of drug-likeness (QED) is 0.872. The molecule has 0 spiro atoms. The first kappa shape index (κ1) is 13.2. The summed E-state index contributed by atoms with van der Waals surface area (Å²) in [5, 5.41) is 11.7. The van der Waals surface area contributed by atoms with E-state index < -0.39 is 18.0 Å². The SMILES string of the molecule is COc1cccc(NC(=O)N2CCCC2C(=O)O)c1. The van der Waals surface area contributed by atoms with Crippen LogP contribution in [-0.4, -0.2) is 41.7 Å². The molecule has 2 amide bonds. The molecular weight excluding hydrogens is 248 g/mol. The van der Waals surface area contributed by atoms with Crippen molar-refractivity contribution < 1.29 is 19.4 Å². The van der Waals surface area contributed by atoms with Crippen molar-refractivity contribution >= 4 is 17.7 Å². The van der Waals surface area contributed by atoms with E-state index in [2.05, 4.69) is 5.32 Å². The average molecular weight is 264 g/mol. The molecule has 6 nitrogen and oxygen atoms in total. The van der Waals surface area contributed by atoms with Gasteiger partial charge >= 0.3 is 12.0 Å². The largest absolute Gasteiger partial charge is 0.497 e. The maximum Gasteiger partial charge on any atom is 0.326 e. The maximum absolute atomic E-state index is 12.0. The molecule has 1 heterocycles. The molecule has 2 rings (SSSR count). The van der Waals surface area contributed by atoms with Gasteiger partial charge in [0.05, 0.1) is 7.11 Å². The molecule has 1 aromatic carbocycles. The lowest BCUT2D eigenvalue weighted by molar-refractivity contribution is -0.141. The summed E-state index contributed by atoms with van der Waals surface area (Å²) in [6.45, 7) is 0.465. The van der Waals surface area contributed by atoms with Gasteiger partial charge in [-0.2, -0.15) is 0 Å². The van der Waals surface area contributed by atoms with Crippen molar-refractivity contribution in [3.8, 4) is 5.75 Å². The Balaban J connectivity index is 2.06. The van der Waals surface area contributed by atoms with E-state index in [0.717, 1.165) is 0 Å². The second-order valence-corrected chi connectivity index (χ2v) is 4.35. The highest BCUT2D eigenvalue weighted by Gasteiger charge is 2.33. The number of carbonyl (C=O) groups excluding carboxylic acids is 1. The summed E-state index contributed by atoms with van der Waals surface area (Å²) in [6.07, 6.45) is 1.21. The van der Waals surface area contributed by atoms with Crippen LogP contribution < -0.4 is 10.1 Å². The smallest absolute Gasteiger partial charge is 0.326 e. The van der Waals surface area contributed by atoms with E-state index in [9.17, 15) is 9.59 Å². The van der Waals surface area contributed by atoms with Crippen LogP contribution in [0.4, 0.5) is 10.5 Å². The van der Waals surface area contributed by atoms with E-state index in [-0.39, 0.29) is 0 Å². The van der Waals surface area contributed by atoms with Crippen LogP contribution in [0.1, 0.15) is 12.8 Å². The Morgan fingerprint density at radius 1 is 1.47 bits per heavy atom. The third-order valence-electron chi connectivity index (χ3n) is 3.12. The van der Waals surface area contributed by atoms with Crippen molar-refractivity contribution in [1.29, 1.82) is 0 Å². The Morgan fingerprint density at radius 3 is 2.95 bits per heavy atom.